The predicted molar refractivity (Wildman–Crippen MR) is 62.0 cm³/mol. The Morgan fingerprint density at radius 1 is 1.47 bits per heavy atom. The van der Waals surface area contributed by atoms with Gasteiger partial charge in [-0.2, -0.15) is 0 Å². The smallest absolute Gasteiger partial charge is 0.0603 e. The van der Waals surface area contributed by atoms with E-state index in [-0.39, 0.29) is 0 Å². The van der Waals surface area contributed by atoms with E-state index in [9.17, 15) is 5.11 Å². The van der Waals surface area contributed by atoms with Crippen LogP contribution in [-0.4, -0.2) is 49.0 Å². The van der Waals surface area contributed by atoms with E-state index in [1.165, 1.54) is 19.4 Å². The highest BCUT2D eigenvalue weighted by molar-refractivity contribution is 4.75. The van der Waals surface area contributed by atoms with Crippen molar-refractivity contribution in [1.82, 2.24) is 4.90 Å². The molecule has 1 unspecified atom stereocenters. The zero-order chi connectivity index (χ0) is 11.3. The molecule has 0 bridgehead atoms. The van der Waals surface area contributed by atoms with Crippen molar-refractivity contribution < 1.29 is 9.84 Å². The van der Waals surface area contributed by atoms with E-state index < -0.39 is 5.60 Å². The van der Waals surface area contributed by atoms with Crippen LogP contribution in [0.4, 0.5) is 0 Å². The average molecular weight is 215 g/mol. The summed E-state index contributed by atoms with van der Waals surface area (Å²) in [6.07, 6.45) is 3.40. The molecule has 0 aromatic heterocycles. The number of ether oxygens (including phenoxy) is 1. The predicted octanol–water partition coefficient (Wildman–Crippen LogP) is 1.51. The van der Waals surface area contributed by atoms with Crippen LogP contribution in [0.15, 0.2) is 0 Å². The SMILES string of the molecule is COCC1CCCN(CCC(C)(C)O)C1. The van der Waals surface area contributed by atoms with Gasteiger partial charge in [-0.05, 0) is 45.6 Å². The van der Waals surface area contributed by atoms with Gasteiger partial charge in [0.25, 0.3) is 0 Å². The molecule has 1 heterocycles. The fourth-order valence-electron chi connectivity index (χ4n) is 2.16. The van der Waals surface area contributed by atoms with Crippen molar-refractivity contribution in [3.8, 4) is 0 Å². The Kier molecular flexibility index (Phi) is 5.03. The standard InChI is InChI=1S/C12H25NO2/c1-12(2,14)6-8-13-7-4-5-11(9-13)10-15-3/h11,14H,4-10H2,1-3H3. The van der Waals surface area contributed by atoms with Gasteiger partial charge in [-0.15, -0.1) is 0 Å². The Hall–Kier alpha value is -0.120. The minimum absolute atomic E-state index is 0.534. The van der Waals surface area contributed by atoms with E-state index in [2.05, 4.69) is 4.90 Å². The highest BCUT2D eigenvalue weighted by atomic mass is 16.5. The van der Waals surface area contributed by atoms with Gasteiger partial charge in [0.05, 0.1) is 12.2 Å². The normalized spacial score (nSPS) is 24.4. The van der Waals surface area contributed by atoms with Gasteiger partial charge in [-0.25, -0.2) is 0 Å². The number of hydrogen-bond acceptors (Lipinski definition) is 3. The molecular weight excluding hydrogens is 190 g/mol. The molecule has 1 saturated heterocycles. The van der Waals surface area contributed by atoms with Crippen LogP contribution in [0.3, 0.4) is 0 Å². The molecule has 0 aliphatic carbocycles. The van der Waals surface area contributed by atoms with E-state index in [0.29, 0.717) is 5.92 Å². The minimum atomic E-state index is -0.534. The number of nitrogens with zero attached hydrogens (tertiary/aromatic N) is 1. The lowest BCUT2D eigenvalue weighted by Crippen LogP contribution is -2.39. The molecule has 1 atom stereocenters. The molecule has 0 spiro atoms. The lowest BCUT2D eigenvalue weighted by atomic mass is 9.97. The second-order valence-electron chi connectivity index (χ2n) is 5.33. The minimum Gasteiger partial charge on any atom is -0.390 e. The van der Waals surface area contributed by atoms with Crippen LogP contribution < -0.4 is 0 Å². The molecule has 3 heteroatoms. The van der Waals surface area contributed by atoms with Crippen molar-refractivity contribution in [2.45, 2.75) is 38.7 Å². The van der Waals surface area contributed by atoms with Gasteiger partial charge in [0.1, 0.15) is 0 Å². The molecule has 1 rings (SSSR count). The van der Waals surface area contributed by atoms with E-state index in [1.54, 1.807) is 7.11 Å². The number of likely N-dealkylation sites (tertiary alicyclic amines) is 1. The molecule has 1 aliphatic heterocycles. The van der Waals surface area contributed by atoms with Crippen molar-refractivity contribution in [2.75, 3.05) is 33.4 Å². The zero-order valence-corrected chi connectivity index (χ0v) is 10.3. The summed E-state index contributed by atoms with van der Waals surface area (Å²) in [6, 6.07) is 0. The molecule has 1 fully saturated rings. The van der Waals surface area contributed by atoms with E-state index in [4.69, 9.17) is 4.74 Å². The summed E-state index contributed by atoms with van der Waals surface area (Å²) in [6.45, 7) is 7.94. The maximum Gasteiger partial charge on any atom is 0.0603 e. The highest BCUT2D eigenvalue weighted by Crippen LogP contribution is 2.18. The lowest BCUT2D eigenvalue weighted by Gasteiger charge is -2.33. The molecule has 3 nitrogen and oxygen atoms in total. The third-order valence-electron chi connectivity index (χ3n) is 3.05. The third kappa shape index (κ3) is 5.50. The Morgan fingerprint density at radius 2 is 2.20 bits per heavy atom. The zero-order valence-electron chi connectivity index (χ0n) is 10.3. The van der Waals surface area contributed by atoms with Crippen LogP contribution >= 0.6 is 0 Å². The fourth-order valence-corrected chi connectivity index (χ4v) is 2.16. The summed E-state index contributed by atoms with van der Waals surface area (Å²) in [4.78, 5) is 2.45. The lowest BCUT2D eigenvalue weighted by molar-refractivity contribution is 0.0420. The monoisotopic (exact) mass is 215 g/mol. The Morgan fingerprint density at radius 3 is 2.80 bits per heavy atom. The number of rotatable bonds is 5. The molecule has 1 aliphatic rings. The van der Waals surface area contributed by atoms with Crippen molar-refractivity contribution in [2.24, 2.45) is 5.92 Å². The Bertz CT molecular complexity index is 175. The molecule has 0 amide bonds. The maximum atomic E-state index is 9.67. The van der Waals surface area contributed by atoms with Crippen LogP contribution in [-0.2, 0) is 4.74 Å². The maximum absolute atomic E-state index is 9.67. The van der Waals surface area contributed by atoms with Gasteiger partial charge in [0.15, 0.2) is 0 Å². The van der Waals surface area contributed by atoms with Gasteiger partial charge >= 0.3 is 0 Å². The summed E-state index contributed by atoms with van der Waals surface area (Å²) >= 11 is 0. The second-order valence-corrected chi connectivity index (χ2v) is 5.33. The first-order chi connectivity index (χ1) is 7.01. The van der Waals surface area contributed by atoms with E-state index >= 15 is 0 Å². The molecule has 15 heavy (non-hydrogen) atoms. The van der Waals surface area contributed by atoms with Crippen molar-refractivity contribution >= 4 is 0 Å². The molecule has 1 N–H and O–H groups in total. The fraction of sp³-hybridized carbons (Fsp3) is 1.00. The topological polar surface area (TPSA) is 32.7 Å². The van der Waals surface area contributed by atoms with Gasteiger partial charge < -0.3 is 14.7 Å². The number of methoxy groups -OCH3 is 1. The van der Waals surface area contributed by atoms with Gasteiger partial charge in [-0.1, -0.05) is 0 Å². The average Bonchev–Trinajstić information content (AvgIpc) is 2.15. The van der Waals surface area contributed by atoms with Crippen LogP contribution in [0.2, 0.25) is 0 Å². The Balaban J connectivity index is 2.24. The summed E-state index contributed by atoms with van der Waals surface area (Å²) in [5, 5.41) is 9.67. The van der Waals surface area contributed by atoms with Crippen molar-refractivity contribution in [1.29, 1.82) is 0 Å². The van der Waals surface area contributed by atoms with Crippen LogP contribution in [0.5, 0.6) is 0 Å². The molecule has 0 saturated carbocycles. The van der Waals surface area contributed by atoms with Crippen LogP contribution in [0.1, 0.15) is 33.1 Å². The van der Waals surface area contributed by atoms with Crippen molar-refractivity contribution in [3.63, 3.8) is 0 Å². The van der Waals surface area contributed by atoms with Gasteiger partial charge in [0, 0.05) is 20.2 Å². The van der Waals surface area contributed by atoms with Crippen LogP contribution in [0, 0.1) is 5.92 Å². The second kappa shape index (κ2) is 5.83. The first-order valence-corrected chi connectivity index (χ1v) is 5.95. The quantitative estimate of drug-likeness (QED) is 0.754. The summed E-state index contributed by atoms with van der Waals surface area (Å²) in [5.41, 5.74) is -0.534. The summed E-state index contributed by atoms with van der Waals surface area (Å²) in [5.74, 6) is 0.686. The number of aliphatic hydroxyl groups is 1. The first-order valence-electron chi connectivity index (χ1n) is 5.95. The van der Waals surface area contributed by atoms with E-state index in [1.807, 2.05) is 13.8 Å². The largest absolute Gasteiger partial charge is 0.390 e. The number of piperidine rings is 1. The molecule has 90 valence electrons. The first kappa shape index (κ1) is 12.9. The van der Waals surface area contributed by atoms with Gasteiger partial charge in [0.2, 0.25) is 0 Å². The molecule has 0 aromatic rings. The molecule has 0 radical (unpaired) electrons. The van der Waals surface area contributed by atoms with Crippen LogP contribution in [0.25, 0.3) is 0 Å². The van der Waals surface area contributed by atoms with Crippen molar-refractivity contribution in [3.05, 3.63) is 0 Å². The third-order valence-corrected chi connectivity index (χ3v) is 3.05. The Labute approximate surface area is 93.4 Å². The summed E-state index contributed by atoms with van der Waals surface area (Å²) in [7, 11) is 1.77. The molecule has 0 aromatic carbocycles. The number of hydrogen-bond donors (Lipinski definition) is 1. The highest BCUT2D eigenvalue weighted by Gasteiger charge is 2.21. The summed E-state index contributed by atoms with van der Waals surface area (Å²) < 4.78 is 5.20. The molecular formula is C12H25NO2. The van der Waals surface area contributed by atoms with E-state index in [0.717, 1.165) is 26.1 Å². The van der Waals surface area contributed by atoms with Gasteiger partial charge in [-0.3, -0.25) is 0 Å².